The molecule has 5 heterocycles. The second-order valence-electron chi connectivity index (χ2n) is 17.2. The Morgan fingerprint density at radius 3 is 1.95 bits per heavy atom. The lowest BCUT2D eigenvalue weighted by molar-refractivity contribution is -0.143. The van der Waals surface area contributed by atoms with Gasteiger partial charge in [0.25, 0.3) is 0 Å². The fourth-order valence-electron chi connectivity index (χ4n) is 8.49. The first-order valence-electron chi connectivity index (χ1n) is 22.3. The largest absolute Gasteiger partial charge is 0.508 e. The molecule has 24 nitrogen and oxygen atoms in total. The molecule has 10 rings (SSSR count). The number of amides is 7. The number of aliphatic carboxylic acids is 1. The van der Waals surface area contributed by atoms with E-state index in [0.29, 0.717) is 0 Å². The Hall–Kier alpha value is -9.13. The van der Waals surface area contributed by atoms with Crippen LogP contribution in [0.1, 0.15) is 77.9 Å². The summed E-state index contributed by atoms with van der Waals surface area (Å²) in [5.74, 6) is -14.2. The SMILES string of the molecule is CCC(=O)N[C@H]1C(=O)N[C@@H](CC(N)=O)C(=O)N[C@H]2C(=O)N[C@H]3C(=O)N[C@H](C(=O)N[C@H](C(=O)O)c4cc(O)cc(O)c4-c4cc3ccc4O)[C@H](O)c3ccc(cc3)Oc3cc2cc(c3O)Oc2ccc(cc2Cl)[C@H]1O. The Morgan fingerprint density at radius 2 is 1.28 bits per heavy atom. The number of aliphatic hydroxyl groups is 2. The summed E-state index contributed by atoms with van der Waals surface area (Å²) < 4.78 is 12.2. The maximum Gasteiger partial charge on any atom is 0.330 e. The third-order valence-corrected chi connectivity index (χ3v) is 12.5. The minimum Gasteiger partial charge on any atom is -0.508 e. The van der Waals surface area contributed by atoms with Gasteiger partial charge in [-0.25, -0.2) is 4.79 Å². The maximum atomic E-state index is 15.2. The van der Waals surface area contributed by atoms with Crippen molar-refractivity contribution in [1.82, 2.24) is 31.9 Å². The van der Waals surface area contributed by atoms with Crippen molar-refractivity contribution >= 4 is 58.9 Å². The molecular weight excluding hydrogens is 994 g/mol. The summed E-state index contributed by atoms with van der Waals surface area (Å²) in [5.41, 5.74) is 3.50. The molecule has 5 aromatic rings. The number of phenols is 4. The van der Waals surface area contributed by atoms with Crippen molar-refractivity contribution in [2.75, 3.05) is 0 Å². The Labute approximate surface area is 422 Å². The highest BCUT2D eigenvalue weighted by molar-refractivity contribution is 6.32. The van der Waals surface area contributed by atoms with Crippen molar-refractivity contribution in [3.8, 4) is 57.1 Å². The molecule has 5 aliphatic heterocycles. The molecule has 0 unspecified atom stereocenters. The number of aliphatic hydroxyl groups excluding tert-OH is 2. The number of phenolic OH excluding ortho intramolecular Hbond substituents is 4. The normalized spacial score (nSPS) is 22.7. The van der Waals surface area contributed by atoms with Gasteiger partial charge < -0.3 is 82.9 Å². The lowest BCUT2D eigenvalue weighted by Gasteiger charge is -2.31. The molecule has 74 heavy (non-hydrogen) atoms. The average Bonchev–Trinajstić information content (AvgIpc) is 3.35. The number of carbonyl (C=O) groups is 8. The third kappa shape index (κ3) is 10.3. The first-order chi connectivity index (χ1) is 35.1. The standard InChI is InChI=1S/C49H44ClN7O17/c1-2-34(62)53-39-42(64)20-6-10-30(26(50)12-20)74-32-14-21-13-31(43(32)65)73-23-7-3-18(4-8-23)41(63)40-48(70)56-38(49(71)72)25-15-22(58)16-29(60)35(25)24-11-19(5-9-28(24)59)36(45(67)57-40)55-46(68)37(21)54-44(66)27(17-33(51)61)52-47(39)69/h3-16,27,36-42,58-60,63-65H,2,17H2,1H3,(H2,51,61)(H,52,69)(H,53,62)(H,54,66)(H,55,68)(H,56,70)(H,57,67)(H,71,72)/t27-,36+,37+,38-,39+,40-,41+,42+/m0/s1. The van der Waals surface area contributed by atoms with E-state index in [1.54, 1.807) is 0 Å². The predicted octanol–water partition coefficient (Wildman–Crippen LogP) is 1.52. The van der Waals surface area contributed by atoms with Crippen molar-refractivity contribution in [2.24, 2.45) is 5.73 Å². The van der Waals surface area contributed by atoms with Crippen LogP contribution >= 0.6 is 11.6 Å². The van der Waals surface area contributed by atoms with Crippen LogP contribution in [0, 0.1) is 0 Å². The van der Waals surface area contributed by atoms with Crippen LogP contribution in [0.5, 0.6) is 46.0 Å². The van der Waals surface area contributed by atoms with E-state index in [0.717, 1.165) is 42.5 Å². The quantitative estimate of drug-likeness (QED) is 0.119. The smallest absolute Gasteiger partial charge is 0.330 e. The second kappa shape index (κ2) is 20.5. The van der Waals surface area contributed by atoms with Crippen molar-refractivity contribution in [2.45, 2.75) is 68.2 Å². The molecule has 384 valence electrons. The summed E-state index contributed by atoms with van der Waals surface area (Å²) in [6, 6.07) is 3.49. The maximum absolute atomic E-state index is 15.2. The fraction of sp³-hybridized carbons (Fsp3) is 0.224. The molecule has 11 bridgehead atoms. The van der Waals surface area contributed by atoms with E-state index in [-0.39, 0.29) is 45.2 Å². The number of rotatable bonds is 5. The Bertz CT molecular complexity index is 3170. The summed E-state index contributed by atoms with van der Waals surface area (Å²) in [6.45, 7) is 1.45. The van der Waals surface area contributed by atoms with Gasteiger partial charge in [-0.15, -0.1) is 0 Å². The van der Waals surface area contributed by atoms with Crippen LogP contribution in [-0.2, 0) is 38.4 Å². The van der Waals surface area contributed by atoms with Gasteiger partial charge in [0.2, 0.25) is 47.1 Å². The van der Waals surface area contributed by atoms with Crippen molar-refractivity contribution < 1.29 is 83.6 Å². The Morgan fingerprint density at radius 1 is 0.649 bits per heavy atom. The van der Waals surface area contributed by atoms with Crippen LogP contribution in [0.4, 0.5) is 0 Å². The molecule has 0 aromatic heterocycles. The van der Waals surface area contributed by atoms with Gasteiger partial charge in [-0.2, -0.15) is 0 Å². The van der Waals surface area contributed by atoms with Gasteiger partial charge in [-0.1, -0.05) is 42.8 Å². The van der Waals surface area contributed by atoms with Crippen LogP contribution in [-0.4, -0.2) is 101 Å². The van der Waals surface area contributed by atoms with Crippen LogP contribution < -0.4 is 47.1 Å². The number of nitrogens with two attached hydrogens (primary N) is 1. The zero-order valence-corrected chi connectivity index (χ0v) is 39.0. The molecule has 0 saturated heterocycles. The number of carboxylic acids is 1. The summed E-state index contributed by atoms with van der Waals surface area (Å²) >= 11 is 6.66. The zero-order chi connectivity index (χ0) is 53.4. The number of primary amides is 1. The first kappa shape index (κ1) is 51.2. The number of hydrogen-bond donors (Lipinski definition) is 14. The third-order valence-electron chi connectivity index (χ3n) is 12.2. The molecule has 0 radical (unpaired) electrons. The van der Waals surface area contributed by atoms with E-state index in [2.05, 4.69) is 31.9 Å². The fourth-order valence-corrected chi connectivity index (χ4v) is 8.72. The number of ether oxygens (including phenoxy) is 2. The number of hydrogen-bond acceptors (Lipinski definition) is 16. The van der Waals surface area contributed by atoms with E-state index >= 15 is 4.79 Å². The van der Waals surface area contributed by atoms with Gasteiger partial charge in [0.15, 0.2) is 17.5 Å². The first-order valence-corrected chi connectivity index (χ1v) is 22.7. The van der Waals surface area contributed by atoms with E-state index in [1.165, 1.54) is 49.4 Å². The van der Waals surface area contributed by atoms with Gasteiger partial charge in [-0.05, 0) is 76.9 Å². The van der Waals surface area contributed by atoms with E-state index in [4.69, 9.17) is 26.8 Å². The zero-order valence-electron chi connectivity index (χ0n) is 38.3. The molecule has 0 spiro atoms. The average molecular weight is 1040 g/mol. The molecule has 5 aliphatic rings. The van der Waals surface area contributed by atoms with E-state index < -0.39 is 153 Å². The number of halogens is 1. The Balaban J connectivity index is 1.37. The number of fused-ring (bicyclic) bond motifs is 15. The topological polar surface area (TPSA) is 395 Å². The molecule has 5 aromatic carbocycles. The number of carboxylic acid groups (broad SMARTS) is 1. The van der Waals surface area contributed by atoms with Crippen LogP contribution in [0.15, 0.2) is 84.9 Å². The number of aromatic hydroxyl groups is 4. The predicted molar refractivity (Wildman–Crippen MR) is 253 cm³/mol. The molecule has 25 heteroatoms. The van der Waals surface area contributed by atoms with Crippen LogP contribution in [0.2, 0.25) is 5.02 Å². The lowest BCUT2D eigenvalue weighted by Crippen LogP contribution is -2.57. The summed E-state index contributed by atoms with van der Waals surface area (Å²) in [7, 11) is 0. The number of nitrogens with one attached hydrogen (secondary N) is 6. The van der Waals surface area contributed by atoms with Crippen molar-refractivity contribution in [1.29, 1.82) is 0 Å². The molecule has 8 atom stereocenters. The Kier molecular flexibility index (Phi) is 14.2. The van der Waals surface area contributed by atoms with Crippen LogP contribution in [0.25, 0.3) is 11.1 Å². The van der Waals surface area contributed by atoms with Gasteiger partial charge in [-0.3, -0.25) is 33.6 Å². The minimum atomic E-state index is -2.14. The lowest BCUT2D eigenvalue weighted by atomic mass is 9.89. The molecule has 7 amide bonds. The van der Waals surface area contributed by atoms with Gasteiger partial charge >= 0.3 is 5.97 Å². The van der Waals surface area contributed by atoms with Gasteiger partial charge in [0, 0.05) is 29.2 Å². The summed E-state index contributed by atoms with van der Waals surface area (Å²) in [5, 5.41) is 92.6. The summed E-state index contributed by atoms with van der Waals surface area (Å²) in [6.07, 6.45) is -5.02. The monoisotopic (exact) mass is 1040 g/mol. The highest BCUT2D eigenvalue weighted by Gasteiger charge is 2.41. The highest BCUT2D eigenvalue weighted by atomic mass is 35.5. The van der Waals surface area contributed by atoms with E-state index in [1.807, 2.05) is 0 Å². The second-order valence-corrected chi connectivity index (χ2v) is 17.6. The number of benzene rings is 5. The molecule has 0 fully saturated rings. The molecule has 0 saturated carbocycles. The molecule has 15 N–H and O–H groups in total. The molecule has 0 aliphatic carbocycles. The van der Waals surface area contributed by atoms with Gasteiger partial charge in [0.1, 0.15) is 71.2 Å². The van der Waals surface area contributed by atoms with Crippen molar-refractivity contribution in [3.63, 3.8) is 0 Å². The minimum absolute atomic E-state index is 0.0458. The van der Waals surface area contributed by atoms with Crippen LogP contribution in [0.3, 0.4) is 0 Å². The number of carbonyl (C=O) groups excluding carboxylic acids is 7. The van der Waals surface area contributed by atoms with Gasteiger partial charge in [0.05, 0.1) is 11.4 Å². The molecular formula is C49H44ClN7O17. The summed E-state index contributed by atoms with van der Waals surface area (Å²) in [4.78, 5) is 111. The highest BCUT2D eigenvalue weighted by Crippen LogP contribution is 2.47. The van der Waals surface area contributed by atoms with Crippen molar-refractivity contribution in [3.05, 3.63) is 118 Å². The van der Waals surface area contributed by atoms with E-state index in [9.17, 15) is 69.3 Å².